The van der Waals surface area contributed by atoms with Crippen molar-refractivity contribution in [1.82, 2.24) is 10.3 Å². The van der Waals surface area contributed by atoms with Crippen LogP contribution in [0, 0.1) is 13.8 Å². The minimum absolute atomic E-state index is 0.455. The van der Waals surface area contributed by atoms with E-state index >= 15 is 0 Å². The number of likely N-dealkylation sites (N-methyl/N-ethyl adjacent to an activating group) is 1. The lowest BCUT2D eigenvalue weighted by Gasteiger charge is -2.16. The number of aryl methyl sites for hydroxylation is 2. The SMILES string of the molecule is CNC(Cc1nccs1)Cc1cc(C)ccc1C. The third kappa shape index (κ3) is 3.40. The summed E-state index contributed by atoms with van der Waals surface area (Å²) in [5, 5.41) is 6.65. The number of aromatic nitrogens is 1. The van der Waals surface area contributed by atoms with Crippen molar-refractivity contribution in [2.75, 3.05) is 7.05 Å². The van der Waals surface area contributed by atoms with Gasteiger partial charge in [0.2, 0.25) is 0 Å². The molecule has 3 heteroatoms. The Labute approximate surface area is 113 Å². The highest BCUT2D eigenvalue weighted by atomic mass is 32.1. The summed E-state index contributed by atoms with van der Waals surface area (Å²) >= 11 is 1.73. The Morgan fingerprint density at radius 2 is 2.11 bits per heavy atom. The van der Waals surface area contributed by atoms with E-state index in [4.69, 9.17) is 0 Å². The fourth-order valence-corrected chi connectivity index (χ4v) is 2.82. The van der Waals surface area contributed by atoms with Gasteiger partial charge in [0.1, 0.15) is 0 Å². The maximum absolute atomic E-state index is 4.36. The molecule has 0 amide bonds. The van der Waals surface area contributed by atoms with Crippen molar-refractivity contribution in [1.29, 1.82) is 0 Å². The fourth-order valence-electron chi connectivity index (χ4n) is 2.13. The lowest BCUT2D eigenvalue weighted by atomic mass is 9.97. The molecule has 1 aromatic heterocycles. The molecule has 2 aromatic rings. The summed E-state index contributed by atoms with van der Waals surface area (Å²) < 4.78 is 0. The van der Waals surface area contributed by atoms with Crippen LogP contribution in [0.15, 0.2) is 29.8 Å². The van der Waals surface area contributed by atoms with Gasteiger partial charge in [-0.05, 0) is 38.4 Å². The maximum Gasteiger partial charge on any atom is 0.0940 e. The number of nitrogens with zero attached hydrogens (tertiary/aromatic N) is 1. The fraction of sp³-hybridized carbons (Fsp3) is 0.400. The third-order valence-corrected chi connectivity index (χ3v) is 4.09. The second kappa shape index (κ2) is 6.12. The lowest BCUT2D eigenvalue weighted by Crippen LogP contribution is -2.30. The second-order valence-corrected chi connectivity index (χ2v) is 5.73. The quantitative estimate of drug-likeness (QED) is 0.893. The summed E-state index contributed by atoms with van der Waals surface area (Å²) in [5.74, 6) is 0. The molecule has 2 rings (SSSR count). The van der Waals surface area contributed by atoms with Gasteiger partial charge < -0.3 is 5.32 Å². The molecule has 1 heterocycles. The van der Waals surface area contributed by atoms with E-state index in [-0.39, 0.29) is 0 Å². The molecule has 0 bridgehead atoms. The molecular weight excluding hydrogens is 240 g/mol. The molecule has 1 unspecified atom stereocenters. The molecule has 0 radical (unpaired) electrons. The molecule has 0 aliphatic heterocycles. The Hall–Kier alpha value is -1.19. The highest BCUT2D eigenvalue weighted by Gasteiger charge is 2.11. The zero-order valence-corrected chi connectivity index (χ0v) is 12.1. The smallest absolute Gasteiger partial charge is 0.0940 e. The van der Waals surface area contributed by atoms with Gasteiger partial charge in [0.05, 0.1) is 5.01 Å². The second-order valence-electron chi connectivity index (χ2n) is 4.75. The number of thiazole rings is 1. The minimum Gasteiger partial charge on any atom is -0.316 e. The van der Waals surface area contributed by atoms with Crippen molar-refractivity contribution >= 4 is 11.3 Å². The van der Waals surface area contributed by atoms with E-state index in [0.29, 0.717) is 6.04 Å². The molecule has 2 nitrogen and oxygen atoms in total. The standard InChI is InChI=1S/C15H20N2S/c1-11-4-5-12(2)13(8-11)9-14(16-3)10-15-17-6-7-18-15/h4-8,14,16H,9-10H2,1-3H3. The first-order valence-electron chi connectivity index (χ1n) is 6.31. The molecule has 1 atom stereocenters. The van der Waals surface area contributed by atoms with E-state index in [1.165, 1.54) is 21.7 Å². The van der Waals surface area contributed by atoms with Crippen LogP contribution in [-0.4, -0.2) is 18.1 Å². The van der Waals surface area contributed by atoms with Crippen LogP contribution in [0.5, 0.6) is 0 Å². The topological polar surface area (TPSA) is 24.9 Å². The van der Waals surface area contributed by atoms with Crippen molar-refractivity contribution < 1.29 is 0 Å². The molecule has 0 saturated carbocycles. The first kappa shape index (κ1) is 13.2. The maximum atomic E-state index is 4.36. The molecule has 96 valence electrons. The van der Waals surface area contributed by atoms with E-state index in [1.807, 2.05) is 18.6 Å². The predicted octanol–water partition coefficient (Wildman–Crippen LogP) is 3.13. The summed E-state index contributed by atoms with van der Waals surface area (Å²) in [6.45, 7) is 4.34. The molecule has 0 fully saturated rings. The summed E-state index contributed by atoms with van der Waals surface area (Å²) in [5.41, 5.74) is 4.14. The van der Waals surface area contributed by atoms with Crippen LogP contribution < -0.4 is 5.32 Å². The third-order valence-electron chi connectivity index (χ3n) is 3.28. The van der Waals surface area contributed by atoms with Crippen LogP contribution in [0.3, 0.4) is 0 Å². The van der Waals surface area contributed by atoms with Gasteiger partial charge in [-0.15, -0.1) is 11.3 Å². The first-order valence-corrected chi connectivity index (χ1v) is 7.18. The van der Waals surface area contributed by atoms with Gasteiger partial charge in [-0.2, -0.15) is 0 Å². The van der Waals surface area contributed by atoms with Gasteiger partial charge in [-0.3, -0.25) is 0 Å². The van der Waals surface area contributed by atoms with E-state index in [9.17, 15) is 0 Å². The molecule has 18 heavy (non-hydrogen) atoms. The number of hydrogen-bond donors (Lipinski definition) is 1. The van der Waals surface area contributed by atoms with Gasteiger partial charge in [0, 0.05) is 24.0 Å². The van der Waals surface area contributed by atoms with Crippen LogP contribution in [0.25, 0.3) is 0 Å². The highest BCUT2D eigenvalue weighted by molar-refractivity contribution is 7.09. The van der Waals surface area contributed by atoms with Gasteiger partial charge in [-0.25, -0.2) is 4.98 Å². The van der Waals surface area contributed by atoms with E-state index in [1.54, 1.807) is 11.3 Å². The molecule has 0 aliphatic rings. The van der Waals surface area contributed by atoms with Crippen molar-refractivity contribution in [3.05, 3.63) is 51.5 Å². The average Bonchev–Trinajstić information content (AvgIpc) is 2.85. The van der Waals surface area contributed by atoms with Gasteiger partial charge in [0.25, 0.3) is 0 Å². The van der Waals surface area contributed by atoms with Gasteiger partial charge >= 0.3 is 0 Å². The Balaban J connectivity index is 2.07. The molecule has 1 aromatic carbocycles. The molecule has 0 aliphatic carbocycles. The van der Waals surface area contributed by atoms with Crippen LogP contribution in [0.4, 0.5) is 0 Å². The van der Waals surface area contributed by atoms with Crippen molar-refractivity contribution in [2.24, 2.45) is 0 Å². The summed E-state index contributed by atoms with van der Waals surface area (Å²) in [6, 6.07) is 7.13. The predicted molar refractivity (Wildman–Crippen MR) is 78.3 cm³/mol. The Kier molecular flexibility index (Phi) is 4.50. The largest absolute Gasteiger partial charge is 0.316 e. The summed E-state index contributed by atoms with van der Waals surface area (Å²) in [7, 11) is 2.03. The van der Waals surface area contributed by atoms with Crippen molar-refractivity contribution in [3.63, 3.8) is 0 Å². The summed E-state index contributed by atoms with van der Waals surface area (Å²) in [4.78, 5) is 4.36. The van der Waals surface area contributed by atoms with E-state index < -0.39 is 0 Å². The molecule has 0 spiro atoms. The number of hydrogen-bond acceptors (Lipinski definition) is 3. The Bertz CT molecular complexity index is 491. The normalized spacial score (nSPS) is 12.6. The van der Waals surface area contributed by atoms with Gasteiger partial charge in [0.15, 0.2) is 0 Å². The summed E-state index contributed by atoms with van der Waals surface area (Å²) in [6.07, 6.45) is 3.94. The Morgan fingerprint density at radius 3 is 2.78 bits per heavy atom. The minimum atomic E-state index is 0.455. The number of nitrogens with one attached hydrogen (secondary N) is 1. The van der Waals surface area contributed by atoms with Crippen molar-refractivity contribution in [2.45, 2.75) is 32.7 Å². The van der Waals surface area contributed by atoms with E-state index in [0.717, 1.165) is 12.8 Å². The highest BCUT2D eigenvalue weighted by Crippen LogP contribution is 2.15. The van der Waals surface area contributed by atoms with Crippen LogP contribution in [0.1, 0.15) is 21.7 Å². The number of benzene rings is 1. The van der Waals surface area contributed by atoms with Crippen molar-refractivity contribution in [3.8, 4) is 0 Å². The molecular formula is C15H20N2S. The van der Waals surface area contributed by atoms with Gasteiger partial charge in [-0.1, -0.05) is 23.8 Å². The number of rotatable bonds is 5. The van der Waals surface area contributed by atoms with E-state index in [2.05, 4.69) is 42.3 Å². The molecule has 0 saturated heterocycles. The monoisotopic (exact) mass is 260 g/mol. The average molecular weight is 260 g/mol. The zero-order chi connectivity index (χ0) is 13.0. The molecule has 1 N–H and O–H groups in total. The zero-order valence-electron chi connectivity index (χ0n) is 11.2. The van der Waals surface area contributed by atoms with Crippen LogP contribution in [-0.2, 0) is 12.8 Å². The Morgan fingerprint density at radius 1 is 1.28 bits per heavy atom. The van der Waals surface area contributed by atoms with Crippen LogP contribution >= 0.6 is 11.3 Å². The van der Waals surface area contributed by atoms with Crippen LogP contribution in [0.2, 0.25) is 0 Å². The lowest BCUT2D eigenvalue weighted by molar-refractivity contribution is 0.554. The first-order chi connectivity index (χ1) is 8.69.